The number of carbonyl (C=O) groups is 5. The molecular formula is C16H24N4O5. The summed E-state index contributed by atoms with van der Waals surface area (Å²) in [6.07, 6.45) is 3.50. The first-order chi connectivity index (χ1) is 11.8. The van der Waals surface area contributed by atoms with Crippen molar-refractivity contribution in [3.8, 4) is 0 Å². The van der Waals surface area contributed by atoms with E-state index in [1.165, 1.54) is 14.1 Å². The summed E-state index contributed by atoms with van der Waals surface area (Å²) in [4.78, 5) is 63.3. The van der Waals surface area contributed by atoms with Gasteiger partial charge in [-0.3, -0.25) is 24.1 Å². The van der Waals surface area contributed by atoms with Crippen LogP contribution in [0.5, 0.6) is 0 Å². The minimum atomic E-state index is -0.982. The van der Waals surface area contributed by atoms with Crippen LogP contribution >= 0.6 is 0 Å². The molecule has 2 aliphatic rings. The van der Waals surface area contributed by atoms with Crippen molar-refractivity contribution in [2.45, 2.75) is 38.6 Å². The molecule has 9 nitrogen and oxygen atoms in total. The molecule has 0 aromatic carbocycles. The molecule has 25 heavy (non-hydrogen) atoms. The molecule has 0 bridgehead atoms. The molecule has 2 rings (SSSR count). The Hall–Kier alpha value is -2.45. The summed E-state index contributed by atoms with van der Waals surface area (Å²) in [7, 11) is 2.83. The highest BCUT2D eigenvalue weighted by Crippen LogP contribution is 2.31. The fraction of sp³-hybridized carbons (Fsp3) is 0.688. The predicted molar refractivity (Wildman–Crippen MR) is 87.1 cm³/mol. The van der Waals surface area contributed by atoms with E-state index in [4.69, 9.17) is 0 Å². The van der Waals surface area contributed by atoms with Crippen molar-refractivity contribution in [1.82, 2.24) is 20.0 Å². The molecule has 1 heterocycles. The number of amides is 6. The molecule has 0 unspecified atom stereocenters. The van der Waals surface area contributed by atoms with Gasteiger partial charge in [0.25, 0.3) is 0 Å². The zero-order chi connectivity index (χ0) is 18.7. The van der Waals surface area contributed by atoms with Gasteiger partial charge in [0.1, 0.15) is 6.54 Å². The maximum Gasteiger partial charge on any atom is 0.334 e. The molecule has 138 valence electrons. The summed E-state index contributed by atoms with van der Waals surface area (Å²) >= 11 is 0. The van der Waals surface area contributed by atoms with Gasteiger partial charge in [-0.2, -0.15) is 0 Å². The number of hydrogen-bond acceptors (Lipinski definition) is 5. The standard InChI is InChI=1S/C16H24N4O5/c1-10-6-4-5-7-11(10)20-15(24)14(23)19(16(20)25)9-13(22)18(3)8-12(21)17-2/h10-11H,4-9H2,1-3H3,(H,17,21)/t10-,11+/m1/s1. The van der Waals surface area contributed by atoms with E-state index in [2.05, 4.69) is 5.32 Å². The minimum Gasteiger partial charge on any atom is -0.358 e. The van der Waals surface area contributed by atoms with Gasteiger partial charge in [0.15, 0.2) is 0 Å². The lowest BCUT2D eigenvalue weighted by atomic mass is 9.85. The molecule has 0 radical (unpaired) electrons. The fourth-order valence-corrected chi connectivity index (χ4v) is 3.27. The Morgan fingerprint density at radius 2 is 1.80 bits per heavy atom. The third kappa shape index (κ3) is 3.80. The molecule has 6 amide bonds. The highest BCUT2D eigenvalue weighted by molar-refractivity contribution is 6.45. The average Bonchev–Trinajstić information content (AvgIpc) is 2.79. The monoisotopic (exact) mass is 352 g/mol. The van der Waals surface area contributed by atoms with E-state index in [1.807, 2.05) is 6.92 Å². The number of hydrogen-bond donors (Lipinski definition) is 1. The highest BCUT2D eigenvalue weighted by atomic mass is 16.2. The zero-order valence-electron chi connectivity index (χ0n) is 14.8. The first kappa shape index (κ1) is 18.9. The predicted octanol–water partition coefficient (Wildman–Crippen LogP) is -0.440. The summed E-state index contributed by atoms with van der Waals surface area (Å²) in [5, 5.41) is 2.38. The maximum atomic E-state index is 12.6. The van der Waals surface area contributed by atoms with Crippen LogP contribution in [0.2, 0.25) is 0 Å². The molecule has 2 fully saturated rings. The second kappa shape index (κ2) is 7.62. The molecule has 1 aliphatic carbocycles. The Balaban J connectivity index is 2.08. The van der Waals surface area contributed by atoms with Crippen LogP contribution in [-0.2, 0) is 19.2 Å². The summed E-state index contributed by atoms with van der Waals surface area (Å²) in [5.74, 6) is -2.68. The lowest BCUT2D eigenvalue weighted by Crippen LogP contribution is -2.47. The van der Waals surface area contributed by atoms with Crippen molar-refractivity contribution in [3.05, 3.63) is 0 Å². The zero-order valence-corrected chi connectivity index (χ0v) is 14.8. The van der Waals surface area contributed by atoms with Crippen LogP contribution in [0.25, 0.3) is 0 Å². The largest absolute Gasteiger partial charge is 0.358 e. The van der Waals surface area contributed by atoms with E-state index in [9.17, 15) is 24.0 Å². The fourth-order valence-electron chi connectivity index (χ4n) is 3.27. The van der Waals surface area contributed by atoms with Crippen LogP contribution < -0.4 is 5.32 Å². The van der Waals surface area contributed by atoms with E-state index in [0.717, 1.165) is 29.1 Å². The van der Waals surface area contributed by atoms with Crippen LogP contribution in [0.15, 0.2) is 0 Å². The van der Waals surface area contributed by atoms with Gasteiger partial charge >= 0.3 is 17.8 Å². The van der Waals surface area contributed by atoms with Crippen molar-refractivity contribution in [2.24, 2.45) is 5.92 Å². The molecule has 2 atom stereocenters. The molecular weight excluding hydrogens is 328 g/mol. The molecule has 0 aromatic heterocycles. The smallest absolute Gasteiger partial charge is 0.334 e. The second-order valence-electron chi connectivity index (χ2n) is 6.60. The highest BCUT2D eigenvalue weighted by Gasteiger charge is 2.49. The summed E-state index contributed by atoms with van der Waals surface area (Å²) in [6, 6.07) is -1.04. The Bertz CT molecular complexity index is 605. The molecule has 9 heteroatoms. The van der Waals surface area contributed by atoms with E-state index in [-0.39, 0.29) is 24.4 Å². The van der Waals surface area contributed by atoms with Gasteiger partial charge in [-0.1, -0.05) is 19.8 Å². The molecule has 1 N–H and O–H groups in total. The van der Waals surface area contributed by atoms with Crippen LogP contribution in [0.4, 0.5) is 4.79 Å². The Kier molecular flexibility index (Phi) is 5.76. The van der Waals surface area contributed by atoms with Crippen molar-refractivity contribution in [1.29, 1.82) is 0 Å². The Morgan fingerprint density at radius 1 is 1.16 bits per heavy atom. The molecule has 1 saturated carbocycles. The van der Waals surface area contributed by atoms with Crippen molar-refractivity contribution in [2.75, 3.05) is 27.2 Å². The Labute approximate surface area is 146 Å². The third-order valence-corrected chi connectivity index (χ3v) is 4.86. The van der Waals surface area contributed by atoms with Crippen LogP contribution in [0.1, 0.15) is 32.6 Å². The van der Waals surface area contributed by atoms with Gasteiger partial charge in [0, 0.05) is 20.1 Å². The minimum absolute atomic E-state index is 0.126. The molecule has 0 aromatic rings. The number of nitrogens with one attached hydrogen (secondary N) is 1. The van der Waals surface area contributed by atoms with Crippen molar-refractivity contribution < 1.29 is 24.0 Å². The van der Waals surface area contributed by atoms with Gasteiger partial charge in [-0.25, -0.2) is 9.69 Å². The van der Waals surface area contributed by atoms with Gasteiger partial charge in [-0.05, 0) is 18.8 Å². The second-order valence-corrected chi connectivity index (χ2v) is 6.60. The lowest BCUT2D eigenvalue weighted by Gasteiger charge is -2.34. The van der Waals surface area contributed by atoms with Crippen molar-refractivity contribution >= 4 is 29.7 Å². The summed E-state index contributed by atoms with van der Waals surface area (Å²) in [5.41, 5.74) is 0. The summed E-state index contributed by atoms with van der Waals surface area (Å²) < 4.78 is 0. The number of imide groups is 2. The number of urea groups is 1. The van der Waals surface area contributed by atoms with E-state index < -0.39 is 30.3 Å². The number of carbonyl (C=O) groups excluding carboxylic acids is 5. The van der Waals surface area contributed by atoms with E-state index in [0.29, 0.717) is 11.3 Å². The van der Waals surface area contributed by atoms with Gasteiger partial charge in [0.2, 0.25) is 11.8 Å². The van der Waals surface area contributed by atoms with Crippen molar-refractivity contribution in [3.63, 3.8) is 0 Å². The number of rotatable bonds is 5. The first-order valence-corrected chi connectivity index (χ1v) is 8.41. The van der Waals surface area contributed by atoms with Crippen LogP contribution in [-0.4, -0.2) is 77.6 Å². The molecule has 1 saturated heterocycles. The quantitative estimate of drug-likeness (QED) is 0.533. The molecule has 0 spiro atoms. The van der Waals surface area contributed by atoms with Crippen LogP contribution in [0, 0.1) is 5.92 Å². The van der Waals surface area contributed by atoms with Gasteiger partial charge in [0.05, 0.1) is 6.54 Å². The van der Waals surface area contributed by atoms with Gasteiger partial charge in [-0.15, -0.1) is 0 Å². The lowest BCUT2D eigenvalue weighted by molar-refractivity contribution is -0.146. The van der Waals surface area contributed by atoms with E-state index >= 15 is 0 Å². The Morgan fingerprint density at radius 3 is 2.40 bits per heavy atom. The SMILES string of the molecule is CNC(=O)CN(C)C(=O)CN1C(=O)C(=O)N([C@H]2CCCC[C@H]2C)C1=O. The van der Waals surface area contributed by atoms with E-state index in [1.54, 1.807) is 0 Å². The number of likely N-dealkylation sites (N-methyl/N-ethyl adjacent to an activating group) is 2. The van der Waals surface area contributed by atoms with Gasteiger partial charge < -0.3 is 10.2 Å². The molecule has 1 aliphatic heterocycles. The van der Waals surface area contributed by atoms with Crippen LogP contribution in [0.3, 0.4) is 0 Å². The summed E-state index contributed by atoms with van der Waals surface area (Å²) in [6.45, 7) is 1.22. The third-order valence-electron chi connectivity index (χ3n) is 4.86. The number of nitrogens with zero attached hydrogens (tertiary/aromatic N) is 3. The first-order valence-electron chi connectivity index (χ1n) is 8.41. The maximum absolute atomic E-state index is 12.6. The normalized spacial score (nSPS) is 23.9. The average molecular weight is 352 g/mol. The topological polar surface area (TPSA) is 107 Å².